The molecule has 1 aliphatic rings. The van der Waals surface area contributed by atoms with Crippen molar-refractivity contribution >= 4 is 11.7 Å². The minimum Gasteiger partial charge on any atom is -0.497 e. The number of hydrogen-bond donors (Lipinski definition) is 0. The third-order valence-electron chi connectivity index (χ3n) is 6.13. The molecule has 7 nitrogen and oxygen atoms in total. The van der Waals surface area contributed by atoms with Gasteiger partial charge in [-0.3, -0.25) is 4.79 Å². The molecule has 0 unspecified atom stereocenters. The molecule has 0 bridgehead atoms. The van der Waals surface area contributed by atoms with Gasteiger partial charge in [0, 0.05) is 37.8 Å². The van der Waals surface area contributed by atoms with Crippen molar-refractivity contribution in [1.29, 1.82) is 0 Å². The number of hydrogen-bond acceptors (Lipinski definition) is 6. The maximum absolute atomic E-state index is 12.6. The number of aryl methyl sites for hydroxylation is 3. The molecule has 0 atom stereocenters. The number of ether oxygens (including phenoxy) is 2. The van der Waals surface area contributed by atoms with E-state index in [0.29, 0.717) is 37.7 Å². The van der Waals surface area contributed by atoms with Gasteiger partial charge < -0.3 is 19.3 Å². The summed E-state index contributed by atoms with van der Waals surface area (Å²) in [4.78, 5) is 16.6. The first-order chi connectivity index (χ1) is 15.9. The lowest BCUT2D eigenvalue weighted by atomic mass is 9.99. The highest BCUT2D eigenvalue weighted by atomic mass is 16.5. The van der Waals surface area contributed by atoms with Crippen LogP contribution in [0.15, 0.2) is 48.5 Å². The highest BCUT2D eigenvalue weighted by Gasteiger charge is 2.22. The average molecular weight is 447 g/mol. The predicted octanol–water partition coefficient (Wildman–Crippen LogP) is 3.81. The van der Waals surface area contributed by atoms with Crippen molar-refractivity contribution < 1.29 is 14.3 Å². The van der Waals surface area contributed by atoms with E-state index in [1.54, 1.807) is 13.2 Å². The lowest BCUT2D eigenvalue weighted by molar-refractivity contribution is -0.133. The van der Waals surface area contributed by atoms with Gasteiger partial charge in [-0.25, -0.2) is 0 Å². The van der Waals surface area contributed by atoms with Crippen LogP contribution in [0.4, 0.5) is 5.82 Å². The first kappa shape index (κ1) is 22.6. The molecule has 1 aromatic heterocycles. The SMILES string of the molecule is COc1cccc(OCC(=O)N2CCN(c3ccc(-c4cc(C)c(C)cc4C)nn3)CC2)c1. The number of rotatable bonds is 6. The van der Waals surface area contributed by atoms with Gasteiger partial charge in [0.2, 0.25) is 0 Å². The maximum Gasteiger partial charge on any atom is 0.260 e. The van der Waals surface area contributed by atoms with Crippen LogP contribution in [0.5, 0.6) is 11.5 Å². The molecule has 0 saturated carbocycles. The zero-order chi connectivity index (χ0) is 23.4. The summed E-state index contributed by atoms with van der Waals surface area (Å²) in [5.74, 6) is 2.13. The number of anilines is 1. The second kappa shape index (κ2) is 9.90. The molecule has 0 aliphatic carbocycles. The molecule has 1 fully saturated rings. The zero-order valence-electron chi connectivity index (χ0n) is 19.7. The molecule has 0 N–H and O–H groups in total. The first-order valence-electron chi connectivity index (χ1n) is 11.2. The summed E-state index contributed by atoms with van der Waals surface area (Å²) in [6, 6.07) is 15.7. The molecule has 33 heavy (non-hydrogen) atoms. The lowest BCUT2D eigenvalue weighted by Gasteiger charge is -2.35. The molecule has 1 saturated heterocycles. The third-order valence-corrected chi connectivity index (χ3v) is 6.13. The van der Waals surface area contributed by atoms with Crippen molar-refractivity contribution in [3.8, 4) is 22.8 Å². The van der Waals surface area contributed by atoms with Crippen LogP contribution in [0.25, 0.3) is 11.3 Å². The summed E-state index contributed by atoms with van der Waals surface area (Å²) in [7, 11) is 1.60. The molecule has 1 amide bonds. The second-order valence-electron chi connectivity index (χ2n) is 8.36. The molecule has 7 heteroatoms. The highest BCUT2D eigenvalue weighted by Crippen LogP contribution is 2.26. The average Bonchev–Trinajstić information content (AvgIpc) is 2.85. The highest BCUT2D eigenvalue weighted by molar-refractivity contribution is 5.78. The summed E-state index contributed by atoms with van der Waals surface area (Å²) < 4.78 is 10.8. The summed E-state index contributed by atoms with van der Waals surface area (Å²) in [6.07, 6.45) is 0. The molecule has 3 aromatic rings. The van der Waals surface area contributed by atoms with Crippen LogP contribution < -0.4 is 14.4 Å². The molecule has 2 aromatic carbocycles. The van der Waals surface area contributed by atoms with E-state index in [1.807, 2.05) is 35.2 Å². The van der Waals surface area contributed by atoms with E-state index in [0.717, 1.165) is 17.1 Å². The van der Waals surface area contributed by atoms with E-state index < -0.39 is 0 Å². The Balaban J connectivity index is 1.32. The van der Waals surface area contributed by atoms with Crippen molar-refractivity contribution in [2.24, 2.45) is 0 Å². The van der Waals surface area contributed by atoms with Gasteiger partial charge in [-0.1, -0.05) is 12.1 Å². The van der Waals surface area contributed by atoms with Gasteiger partial charge in [0.15, 0.2) is 12.4 Å². The number of aromatic nitrogens is 2. The summed E-state index contributed by atoms with van der Waals surface area (Å²) >= 11 is 0. The topological polar surface area (TPSA) is 67.8 Å². The molecular formula is C26H30N4O3. The Kier molecular flexibility index (Phi) is 6.77. The smallest absolute Gasteiger partial charge is 0.260 e. The largest absolute Gasteiger partial charge is 0.497 e. The van der Waals surface area contributed by atoms with Crippen LogP contribution >= 0.6 is 0 Å². The van der Waals surface area contributed by atoms with E-state index >= 15 is 0 Å². The number of nitrogens with zero attached hydrogens (tertiary/aromatic N) is 4. The van der Waals surface area contributed by atoms with Gasteiger partial charge in [0.25, 0.3) is 5.91 Å². The Hall–Kier alpha value is -3.61. The lowest BCUT2D eigenvalue weighted by Crippen LogP contribution is -2.50. The van der Waals surface area contributed by atoms with Crippen LogP contribution in [-0.2, 0) is 4.79 Å². The maximum atomic E-state index is 12.6. The minimum absolute atomic E-state index is 0.0109. The van der Waals surface area contributed by atoms with Gasteiger partial charge in [-0.2, -0.15) is 0 Å². The number of carbonyl (C=O) groups is 1. The van der Waals surface area contributed by atoms with E-state index in [9.17, 15) is 4.79 Å². The van der Waals surface area contributed by atoms with Crippen LogP contribution in [-0.4, -0.2) is 60.9 Å². The zero-order valence-corrected chi connectivity index (χ0v) is 19.7. The summed E-state index contributed by atoms with van der Waals surface area (Å²) in [5, 5.41) is 8.95. The quantitative estimate of drug-likeness (QED) is 0.574. The van der Waals surface area contributed by atoms with Gasteiger partial charge in [-0.15, -0.1) is 10.2 Å². The van der Waals surface area contributed by atoms with E-state index in [-0.39, 0.29) is 12.5 Å². The number of methoxy groups -OCH3 is 1. The van der Waals surface area contributed by atoms with Crippen LogP contribution in [0.3, 0.4) is 0 Å². The fourth-order valence-electron chi connectivity index (χ4n) is 3.99. The van der Waals surface area contributed by atoms with E-state index in [1.165, 1.54) is 16.7 Å². The minimum atomic E-state index is -0.0240. The first-order valence-corrected chi connectivity index (χ1v) is 11.2. The number of amides is 1. The standard InChI is InChI=1S/C26H30N4O3/c1-18-14-20(3)23(15-19(18)2)24-8-9-25(28-27-24)29-10-12-30(13-11-29)26(31)17-33-22-7-5-6-21(16-22)32-4/h5-9,14-16H,10-13,17H2,1-4H3. The Morgan fingerprint density at radius 3 is 2.30 bits per heavy atom. The van der Waals surface area contributed by atoms with Crippen molar-refractivity contribution in [3.05, 3.63) is 65.2 Å². The van der Waals surface area contributed by atoms with Crippen molar-refractivity contribution in [2.75, 3.05) is 44.8 Å². The molecule has 2 heterocycles. The van der Waals surface area contributed by atoms with Crippen molar-refractivity contribution in [1.82, 2.24) is 15.1 Å². The molecular weight excluding hydrogens is 416 g/mol. The Labute approximate surface area is 195 Å². The number of benzene rings is 2. The number of carbonyl (C=O) groups excluding carboxylic acids is 1. The third kappa shape index (κ3) is 5.25. The Bertz CT molecular complexity index is 1120. The van der Waals surface area contributed by atoms with E-state index in [2.05, 4.69) is 48.0 Å². The van der Waals surface area contributed by atoms with Gasteiger partial charge in [-0.05, 0) is 67.8 Å². The summed E-state index contributed by atoms with van der Waals surface area (Å²) in [5.41, 5.74) is 5.72. The van der Waals surface area contributed by atoms with Crippen molar-refractivity contribution in [3.63, 3.8) is 0 Å². The van der Waals surface area contributed by atoms with Crippen LogP contribution in [0.2, 0.25) is 0 Å². The van der Waals surface area contributed by atoms with Gasteiger partial charge in [0.1, 0.15) is 11.5 Å². The van der Waals surface area contributed by atoms with Crippen LogP contribution in [0.1, 0.15) is 16.7 Å². The monoisotopic (exact) mass is 446 g/mol. The van der Waals surface area contributed by atoms with E-state index in [4.69, 9.17) is 9.47 Å². The number of piperazine rings is 1. The fraction of sp³-hybridized carbons (Fsp3) is 0.346. The van der Waals surface area contributed by atoms with Gasteiger partial charge >= 0.3 is 0 Å². The second-order valence-corrected chi connectivity index (χ2v) is 8.36. The van der Waals surface area contributed by atoms with Crippen molar-refractivity contribution in [2.45, 2.75) is 20.8 Å². The van der Waals surface area contributed by atoms with Crippen LogP contribution in [0, 0.1) is 20.8 Å². The molecule has 1 aliphatic heterocycles. The summed E-state index contributed by atoms with van der Waals surface area (Å²) in [6.45, 7) is 9.02. The molecule has 172 valence electrons. The molecule has 0 spiro atoms. The molecule has 4 rings (SSSR count). The Morgan fingerprint density at radius 2 is 1.61 bits per heavy atom. The molecule has 0 radical (unpaired) electrons. The Morgan fingerprint density at radius 1 is 0.879 bits per heavy atom. The predicted molar refractivity (Wildman–Crippen MR) is 129 cm³/mol. The normalized spacial score (nSPS) is 13.7. The van der Waals surface area contributed by atoms with Gasteiger partial charge in [0.05, 0.1) is 12.8 Å². The fourth-order valence-corrected chi connectivity index (χ4v) is 3.99.